The predicted octanol–water partition coefficient (Wildman–Crippen LogP) is 3.25. The lowest BCUT2D eigenvalue weighted by Crippen LogP contribution is -3.14. The Labute approximate surface area is 175 Å². The van der Waals surface area contributed by atoms with Crippen molar-refractivity contribution in [3.05, 3.63) is 64.9 Å². The number of para-hydroxylation sites is 1. The lowest BCUT2D eigenvalue weighted by molar-refractivity contribution is -0.898. The molecule has 0 saturated carbocycles. The first kappa shape index (κ1) is 20.0. The number of nitrogens with one attached hydrogen (secondary N) is 1. The zero-order valence-electron chi connectivity index (χ0n) is 16.7. The Hall–Kier alpha value is -2.31. The summed E-state index contributed by atoms with van der Waals surface area (Å²) in [5.41, 5.74) is 1.91. The van der Waals surface area contributed by atoms with E-state index in [1.54, 1.807) is 17.4 Å². The molecule has 1 aromatic heterocycles. The van der Waals surface area contributed by atoms with Crippen LogP contribution in [-0.4, -0.2) is 42.0 Å². The maximum absolute atomic E-state index is 13.5. The average molecular weight is 413 g/mol. The Kier molecular flexibility index (Phi) is 6.21. The molecule has 1 amide bonds. The molecule has 1 aliphatic rings. The number of hydrogen-bond acceptors (Lipinski definition) is 3. The lowest BCUT2D eigenvalue weighted by atomic mass is 9.98. The van der Waals surface area contributed by atoms with E-state index in [0.717, 1.165) is 37.0 Å². The molecule has 4 rings (SSSR count). The summed E-state index contributed by atoms with van der Waals surface area (Å²) in [5, 5.41) is 1.20. The van der Waals surface area contributed by atoms with Crippen LogP contribution in [-0.2, 0) is 11.3 Å². The van der Waals surface area contributed by atoms with Gasteiger partial charge >= 0.3 is 0 Å². The molecule has 0 bridgehead atoms. The first-order valence-corrected chi connectivity index (χ1v) is 11.1. The highest BCUT2D eigenvalue weighted by atomic mass is 32.1. The summed E-state index contributed by atoms with van der Waals surface area (Å²) in [4.78, 5) is 20.9. The summed E-state index contributed by atoms with van der Waals surface area (Å²) in [6.07, 6.45) is 2.25. The van der Waals surface area contributed by atoms with Crippen LogP contribution in [0, 0.1) is 5.82 Å². The van der Waals surface area contributed by atoms with Crippen LogP contribution in [0.25, 0.3) is 10.2 Å². The topological polar surface area (TPSA) is 37.6 Å². The van der Waals surface area contributed by atoms with Gasteiger partial charge in [-0.3, -0.25) is 4.79 Å². The fraction of sp³-hybridized carbons (Fsp3) is 0.391. The normalized spacial score (nSPS) is 19.4. The Morgan fingerprint density at radius 2 is 2.14 bits per heavy atom. The van der Waals surface area contributed by atoms with Crippen LogP contribution in [0.2, 0.25) is 0 Å². The smallest absolute Gasteiger partial charge is 0.278 e. The fourth-order valence-electron chi connectivity index (χ4n) is 4.14. The molecule has 2 aromatic carbocycles. The molecule has 1 fully saturated rings. The number of carbonyl (C=O) groups is 1. The van der Waals surface area contributed by atoms with Gasteiger partial charge in [-0.15, -0.1) is 11.3 Å². The van der Waals surface area contributed by atoms with Gasteiger partial charge in [-0.1, -0.05) is 24.3 Å². The van der Waals surface area contributed by atoms with E-state index in [0.29, 0.717) is 25.6 Å². The number of rotatable bonds is 6. The van der Waals surface area contributed by atoms with Crippen molar-refractivity contribution >= 4 is 27.5 Å². The molecular formula is C23H27FN3OS+. The van der Waals surface area contributed by atoms with E-state index in [-0.39, 0.29) is 11.7 Å². The van der Waals surface area contributed by atoms with Gasteiger partial charge in [0.1, 0.15) is 10.8 Å². The van der Waals surface area contributed by atoms with Gasteiger partial charge < -0.3 is 9.80 Å². The van der Waals surface area contributed by atoms with Crippen molar-refractivity contribution in [3.63, 3.8) is 0 Å². The van der Waals surface area contributed by atoms with Gasteiger partial charge in [0.05, 0.1) is 29.2 Å². The van der Waals surface area contributed by atoms with Crippen molar-refractivity contribution in [1.29, 1.82) is 0 Å². The molecule has 4 nitrogen and oxygen atoms in total. The minimum absolute atomic E-state index is 0.136. The Morgan fingerprint density at radius 1 is 1.28 bits per heavy atom. The second kappa shape index (κ2) is 9.01. The number of likely N-dealkylation sites (tertiary alicyclic amines) is 1. The number of quaternary nitrogens is 1. The highest BCUT2D eigenvalue weighted by molar-refractivity contribution is 7.18. The molecule has 0 aliphatic carbocycles. The number of aromatic nitrogens is 1. The van der Waals surface area contributed by atoms with Crippen molar-refractivity contribution < 1.29 is 14.1 Å². The Bertz CT molecular complexity index is 956. The second-order valence-corrected chi connectivity index (χ2v) is 8.84. The van der Waals surface area contributed by atoms with Gasteiger partial charge in [-0.05, 0) is 49.6 Å². The fourth-order valence-corrected chi connectivity index (χ4v) is 5.25. The zero-order chi connectivity index (χ0) is 20.2. The van der Waals surface area contributed by atoms with Crippen molar-refractivity contribution in [3.8, 4) is 0 Å². The molecule has 0 radical (unpaired) electrons. The van der Waals surface area contributed by atoms with E-state index in [1.165, 1.54) is 26.7 Å². The minimum Gasteiger partial charge on any atom is -0.334 e. The number of nitrogens with zero attached hydrogens (tertiary/aromatic N) is 2. The van der Waals surface area contributed by atoms with Gasteiger partial charge in [0.25, 0.3) is 5.91 Å². The number of fused-ring (bicyclic) bond motifs is 1. The van der Waals surface area contributed by atoms with Gasteiger partial charge in [-0.2, -0.15) is 0 Å². The summed E-state index contributed by atoms with van der Waals surface area (Å²) in [5.74, 6) is 0.297. The molecular weight excluding hydrogens is 385 g/mol. The molecule has 3 aromatic rings. The van der Waals surface area contributed by atoms with Gasteiger partial charge in [0, 0.05) is 13.1 Å². The quantitative estimate of drug-likeness (QED) is 0.675. The molecule has 29 heavy (non-hydrogen) atoms. The number of thiazole rings is 1. The summed E-state index contributed by atoms with van der Waals surface area (Å²) < 4.78 is 14.7. The first-order valence-electron chi connectivity index (χ1n) is 10.3. The van der Waals surface area contributed by atoms with Gasteiger partial charge in [0.15, 0.2) is 6.54 Å². The Morgan fingerprint density at radius 3 is 2.93 bits per heavy atom. The van der Waals surface area contributed by atoms with Crippen LogP contribution < -0.4 is 4.90 Å². The largest absolute Gasteiger partial charge is 0.334 e. The van der Waals surface area contributed by atoms with Crippen molar-refractivity contribution in [1.82, 2.24) is 9.88 Å². The number of amides is 1. The number of halogens is 1. The summed E-state index contributed by atoms with van der Waals surface area (Å²) in [6, 6.07) is 14.8. The van der Waals surface area contributed by atoms with Crippen LogP contribution in [0.1, 0.15) is 36.3 Å². The molecule has 152 valence electrons. The van der Waals surface area contributed by atoms with E-state index in [4.69, 9.17) is 4.98 Å². The standard InChI is InChI=1S/C23H26FN3OS/c1-2-27(14-17-7-5-9-19(24)13-17)22(28)16-26-12-6-8-18(15-26)23-25-20-10-3-4-11-21(20)29-23/h3-5,7,9-11,13,18H,2,6,8,12,14-16H2,1H3/p+1/t18-/m0/s1. The molecule has 1 aliphatic heterocycles. The first-order chi connectivity index (χ1) is 14.1. The summed E-state index contributed by atoms with van der Waals surface area (Å²) in [7, 11) is 0. The maximum Gasteiger partial charge on any atom is 0.278 e. The zero-order valence-corrected chi connectivity index (χ0v) is 17.6. The highest BCUT2D eigenvalue weighted by Gasteiger charge is 2.29. The third-order valence-corrected chi connectivity index (χ3v) is 6.87. The second-order valence-electron chi connectivity index (χ2n) is 7.78. The number of benzene rings is 2. The molecule has 6 heteroatoms. The van der Waals surface area contributed by atoms with Gasteiger partial charge in [-0.25, -0.2) is 9.37 Å². The number of piperidine rings is 1. The van der Waals surface area contributed by atoms with Crippen LogP contribution >= 0.6 is 11.3 Å². The van der Waals surface area contributed by atoms with Crippen molar-refractivity contribution in [2.45, 2.75) is 32.2 Å². The number of hydrogen-bond donors (Lipinski definition) is 1. The van der Waals surface area contributed by atoms with Crippen LogP contribution in [0.15, 0.2) is 48.5 Å². The molecule has 1 N–H and O–H groups in total. The third-order valence-electron chi connectivity index (χ3n) is 5.68. The van der Waals surface area contributed by atoms with E-state index >= 15 is 0 Å². The molecule has 2 atom stereocenters. The molecule has 1 unspecified atom stereocenters. The van der Waals surface area contributed by atoms with Crippen molar-refractivity contribution in [2.24, 2.45) is 0 Å². The third kappa shape index (κ3) is 4.82. The number of carbonyl (C=O) groups excluding carboxylic acids is 1. The lowest BCUT2D eigenvalue weighted by Gasteiger charge is -2.30. The summed E-state index contributed by atoms with van der Waals surface area (Å²) in [6.45, 7) is 5.52. The van der Waals surface area contributed by atoms with Crippen LogP contribution in [0.4, 0.5) is 4.39 Å². The molecule has 1 saturated heterocycles. The highest BCUT2D eigenvalue weighted by Crippen LogP contribution is 2.30. The Balaban J connectivity index is 1.39. The van der Waals surface area contributed by atoms with E-state index in [2.05, 4.69) is 18.2 Å². The van der Waals surface area contributed by atoms with Crippen LogP contribution in [0.3, 0.4) is 0 Å². The van der Waals surface area contributed by atoms with Gasteiger partial charge in [0.2, 0.25) is 0 Å². The maximum atomic E-state index is 13.5. The SMILES string of the molecule is CCN(Cc1cccc(F)c1)C(=O)C[NH+]1CCC[C@H](c2nc3ccccc3s2)C1. The number of likely N-dealkylation sites (N-methyl/N-ethyl adjacent to an activating group) is 1. The van der Waals surface area contributed by atoms with E-state index in [1.807, 2.05) is 24.0 Å². The van der Waals surface area contributed by atoms with Crippen molar-refractivity contribution in [2.75, 3.05) is 26.2 Å². The van der Waals surface area contributed by atoms with E-state index < -0.39 is 0 Å². The molecule has 0 spiro atoms. The monoisotopic (exact) mass is 412 g/mol. The van der Waals surface area contributed by atoms with E-state index in [9.17, 15) is 9.18 Å². The summed E-state index contributed by atoms with van der Waals surface area (Å²) >= 11 is 1.78. The van der Waals surface area contributed by atoms with Crippen LogP contribution in [0.5, 0.6) is 0 Å². The average Bonchev–Trinajstić information content (AvgIpc) is 3.16. The minimum atomic E-state index is -0.258. The predicted molar refractivity (Wildman–Crippen MR) is 115 cm³/mol. The molecule has 2 heterocycles.